The van der Waals surface area contributed by atoms with Crippen LogP contribution in [0.5, 0.6) is 0 Å². The molecule has 1 heterocycles. The van der Waals surface area contributed by atoms with Gasteiger partial charge in [-0.05, 0) is 31.4 Å². The molecule has 3 N–H and O–H groups in total. The number of primary amides is 1. The maximum absolute atomic E-state index is 13.0. The van der Waals surface area contributed by atoms with Crippen molar-refractivity contribution in [2.75, 3.05) is 26.9 Å². The molecule has 1 aliphatic rings. The minimum absolute atomic E-state index is 0.0952. The fraction of sp³-hybridized carbons (Fsp3) is 0.318. The number of nitrogens with two attached hydrogens (primary N) is 1. The molecule has 0 aliphatic carbocycles. The van der Waals surface area contributed by atoms with Gasteiger partial charge in [0.25, 0.3) is 5.91 Å². The van der Waals surface area contributed by atoms with Crippen LogP contribution < -0.4 is 11.1 Å². The molecule has 1 amide bonds. The van der Waals surface area contributed by atoms with Crippen LogP contribution in [0, 0.1) is 11.8 Å². The Balaban J connectivity index is 2.63. The lowest BCUT2D eigenvalue weighted by atomic mass is 9.80. The second kappa shape index (κ2) is 11.6. The van der Waals surface area contributed by atoms with E-state index in [0.29, 0.717) is 17.0 Å². The van der Waals surface area contributed by atoms with Gasteiger partial charge in [0, 0.05) is 5.70 Å². The van der Waals surface area contributed by atoms with Crippen molar-refractivity contribution < 1.29 is 28.6 Å². The second-order valence-electron chi connectivity index (χ2n) is 6.50. The molecule has 0 saturated carbocycles. The Labute approximate surface area is 195 Å². The highest BCUT2D eigenvalue weighted by molar-refractivity contribution is 6.42. The van der Waals surface area contributed by atoms with Crippen molar-refractivity contribution in [3.05, 3.63) is 56.3 Å². The lowest BCUT2D eigenvalue weighted by Gasteiger charge is -2.31. The van der Waals surface area contributed by atoms with E-state index < -0.39 is 23.8 Å². The lowest BCUT2D eigenvalue weighted by molar-refractivity contribution is -0.139. The zero-order chi connectivity index (χ0) is 23.8. The summed E-state index contributed by atoms with van der Waals surface area (Å²) in [6, 6.07) is 4.92. The Kier molecular flexibility index (Phi) is 9.14. The maximum Gasteiger partial charge on any atom is 0.336 e. The largest absolute Gasteiger partial charge is 0.466 e. The predicted molar refractivity (Wildman–Crippen MR) is 119 cm³/mol. The molecule has 0 spiro atoms. The molecule has 10 heteroatoms. The van der Waals surface area contributed by atoms with E-state index in [1.165, 1.54) is 7.11 Å². The van der Waals surface area contributed by atoms with Crippen LogP contribution in [-0.4, -0.2) is 44.8 Å². The number of carbonyl (C=O) groups is 3. The van der Waals surface area contributed by atoms with E-state index in [0.717, 1.165) is 0 Å². The molecule has 170 valence electrons. The number of benzene rings is 1. The zero-order valence-electron chi connectivity index (χ0n) is 17.7. The van der Waals surface area contributed by atoms with Gasteiger partial charge in [-0.1, -0.05) is 41.3 Å². The first-order chi connectivity index (χ1) is 15.2. The van der Waals surface area contributed by atoms with Crippen LogP contribution in [-0.2, 0) is 28.6 Å². The van der Waals surface area contributed by atoms with Crippen LogP contribution in [0.1, 0.15) is 25.3 Å². The SMILES string of the molecule is CCOC(=O)C1=C(COCC#CC(N)=O)NC(C)=C(C(=O)OC)C1c1cccc(Cl)c1Cl. The van der Waals surface area contributed by atoms with Crippen molar-refractivity contribution >= 4 is 41.0 Å². The van der Waals surface area contributed by atoms with Gasteiger partial charge in [0.2, 0.25) is 0 Å². The molecule has 1 aromatic rings. The number of rotatable bonds is 7. The third kappa shape index (κ3) is 5.82. The van der Waals surface area contributed by atoms with Crippen LogP contribution in [0.15, 0.2) is 40.7 Å². The monoisotopic (exact) mass is 480 g/mol. The number of ether oxygens (including phenoxy) is 3. The van der Waals surface area contributed by atoms with E-state index >= 15 is 0 Å². The van der Waals surface area contributed by atoms with Crippen molar-refractivity contribution in [3.8, 4) is 11.8 Å². The Morgan fingerprint density at radius 1 is 1.19 bits per heavy atom. The smallest absolute Gasteiger partial charge is 0.336 e. The summed E-state index contributed by atoms with van der Waals surface area (Å²) in [4.78, 5) is 36.4. The van der Waals surface area contributed by atoms with Gasteiger partial charge in [0.15, 0.2) is 0 Å². The number of hydrogen-bond acceptors (Lipinski definition) is 7. The van der Waals surface area contributed by atoms with Crippen LogP contribution in [0.3, 0.4) is 0 Å². The third-order valence-corrected chi connectivity index (χ3v) is 5.30. The molecule has 1 unspecified atom stereocenters. The maximum atomic E-state index is 13.0. The Morgan fingerprint density at radius 2 is 1.91 bits per heavy atom. The van der Waals surface area contributed by atoms with Gasteiger partial charge >= 0.3 is 11.9 Å². The van der Waals surface area contributed by atoms with E-state index in [1.807, 2.05) is 0 Å². The van der Waals surface area contributed by atoms with Crippen molar-refractivity contribution in [1.29, 1.82) is 0 Å². The second-order valence-corrected chi connectivity index (χ2v) is 7.29. The third-order valence-electron chi connectivity index (χ3n) is 4.47. The zero-order valence-corrected chi connectivity index (χ0v) is 19.2. The van der Waals surface area contributed by atoms with Gasteiger partial charge in [-0.15, -0.1) is 0 Å². The number of esters is 2. The summed E-state index contributed by atoms with van der Waals surface area (Å²) < 4.78 is 15.7. The van der Waals surface area contributed by atoms with Crippen LogP contribution in [0.25, 0.3) is 0 Å². The summed E-state index contributed by atoms with van der Waals surface area (Å²) in [6.45, 7) is 3.22. The molecule has 0 bridgehead atoms. The van der Waals surface area contributed by atoms with Crippen LogP contribution in [0.2, 0.25) is 10.0 Å². The first-order valence-corrected chi connectivity index (χ1v) is 10.2. The van der Waals surface area contributed by atoms with Crippen molar-refractivity contribution in [2.45, 2.75) is 19.8 Å². The fourth-order valence-corrected chi connectivity index (χ4v) is 3.64. The summed E-state index contributed by atoms with van der Waals surface area (Å²) in [5.74, 6) is 1.59. The Bertz CT molecular complexity index is 1050. The molecule has 2 rings (SSSR count). The van der Waals surface area contributed by atoms with E-state index in [-0.39, 0.29) is 41.0 Å². The molecule has 0 saturated heterocycles. The highest BCUT2D eigenvalue weighted by Crippen LogP contribution is 2.43. The Hall–Kier alpha value is -2.99. The van der Waals surface area contributed by atoms with E-state index in [2.05, 4.69) is 17.2 Å². The first kappa shape index (κ1) is 25.3. The molecule has 0 aromatic heterocycles. The molecule has 32 heavy (non-hydrogen) atoms. The van der Waals surface area contributed by atoms with Crippen molar-refractivity contribution in [3.63, 3.8) is 0 Å². The quantitative estimate of drug-likeness (QED) is 0.349. The first-order valence-electron chi connectivity index (χ1n) is 9.49. The van der Waals surface area contributed by atoms with Crippen LogP contribution in [0.4, 0.5) is 0 Å². The number of halogens is 2. The highest BCUT2D eigenvalue weighted by atomic mass is 35.5. The summed E-state index contributed by atoms with van der Waals surface area (Å²) in [5, 5.41) is 3.46. The molecule has 1 aliphatic heterocycles. The average Bonchev–Trinajstić information content (AvgIpc) is 2.74. The number of dihydropyridines is 1. The number of hydrogen-bond donors (Lipinski definition) is 2. The number of carbonyl (C=O) groups excluding carboxylic acids is 3. The number of nitrogens with one attached hydrogen (secondary N) is 1. The normalized spacial score (nSPS) is 15.5. The van der Waals surface area contributed by atoms with Gasteiger partial charge in [0.1, 0.15) is 6.61 Å². The fourth-order valence-electron chi connectivity index (χ4n) is 3.22. The molecule has 1 atom stereocenters. The predicted octanol–water partition coefficient (Wildman–Crippen LogP) is 2.45. The molecule has 1 aromatic carbocycles. The topological polar surface area (TPSA) is 117 Å². The molecule has 8 nitrogen and oxygen atoms in total. The minimum atomic E-state index is -0.927. The average molecular weight is 481 g/mol. The molecular formula is C22H22Cl2N2O6. The number of allylic oxidation sites excluding steroid dienone is 1. The van der Waals surface area contributed by atoms with Gasteiger partial charge in [-0.25, -0.2) is 9.59 Å². The van der Waals surface area contributed by atoms with Gasteiger partial charge < -0.3 is 25.3 Å². The molecule has 0 radical (unpaired) electrons. The summed E-state index contributed by atoms with van der Waals surface area (Å²) >= 11 is 12.7. The van der Waals surface area contributed by atoms with Gasteiger partial charge in [0.05, 0.1) is 53.1 Å². The molecular weight excluding hydrogens is 459 g/mol. The molecule has 0 fully saturated rings. The summed E-state index contributed by atoms with van der Waals surface area (Å²) in [7, 11) is 1.24. The van der Waals surface area contributed by atoms with Crippen molar-refractivity contribution in [2.24, 2.45) is 5.73 Å². The standard InChI is InChI=1S/C22H22Cl2N2O6/c1-4-32-22(29)19-15(11-31-10-6-9-16(25)27)26-12(2)17(21(28)30-3)18(19)13-7-5-8-14(23)20(13)24/h5,7-8,18,26H,4,10-11H2,1-3H3,(H2,25,27). The Morgan fingerprint density at radius 3 is 2.53 bits per heavy atom. The highest BCUT2D eigenvalue weighted by Gasteiger charge is 2.40. The van der Waals surface area contributed by atoms with E-state index in [1.54, 1.807) is 32.0 Å². The van der Waals surface area contributed by atoms with Gasteiger partial charge in [-0.2, -0.15) is 0 Å². The number of methoxy groups -OCH3 is 1. The summed E-state index contributed by atoms with van der Waals surface area (Å²) in [6.07, 6.45) is 0. The van der Waals surface area contributed by atoms with Gasteiger partial charge in [-0.3, -0.25) is 4.79 Å². The number of amides is 1. The van der Waals surface area contributed by atoms with Crippen molar-refractivity contribution in [1.82, 2.24) is 5.32 Å². The van der Waals surface area contributed by atoms with Crippen LogP contribution >= 0.6 is 23.2 Å². The minimum Gasteiger partial charge on any atom is -0.466 e. The van der Waals surface area contributed by atoms with E-state index in [4.69, 9.17) is 43.1 Å². The van der Waals surface area contributed by atoms with E-state index in [9.17, 15) is 14.4 Å². The summed E-state index contributed by atoms with van der Waals surface area (Å²) in [5.41, 5.74) is 6.47. The lowest BCUT2D eigenvalue weighted by Crippen LogP contribution is -2.34.